The molecular formula is C15H16N6O. The van der Waals surface area contributed by atoms with E-state index in [0.29, 0.717) is 23.5 Å². The second-order valence-electron chi connectivity index (χ2n) is 5.67. The van der Waals surface area contributed by atoms with Gasteiger partial charge in [-0.2, -0.15) is 0 Å². The topological polar surface area (TPSA) is 89.6 Å². The molecule has 0 spiro atoms. The lowest BCUT2D eigenvalue weighted by Crippen LogP contribution is -2.34. The van der Waals surface area contributed by atoms with Crippen LogP contribution < -0.4 is 5.32 Å². The van der Waals surface area contributed by atoms with Gasteiger partial charge in [-0.1, -0.05) is 0 Å². The van der Waals surface area contributed by atoms with Crippen molar-refractivity contribution in [2.75, 3.05) is 5.32 Å². The minimum absolute atomic E-state index is 0.338. The Kier molecular flexibility index (Phi) is 2.99. The summed E-state index contributed by atoms with van der Waals surface area (Å²) in [6.07, 6.45) is 3.65. The van der Waals surface area contributed by atoms with Crippen LogP contribution in [0, 0.1) is 13.8 Å². The molecule has 0 atom stereocenters. The molecule has 0 aromatic carbocycles. The number of aryl methyl sites for hydroxylation is 2. The minimum Gasteiger partial charge on any atom is -0.425 e. The number of rotatable bonds is 3. The summed E-state index contributed by atoms with van der Waals surface area (Å²) in [4.78, 5) is 13.4. The van der Waals surface area contributed by atoms with Crippen LogP contribution in [-0.4, -0.2) is 31.2 Å². The van der Waals surface area contributed by atoms with Crippen LogP contribution >= 0.6 is 0 Å². The van der Waals surface area contributed by atoms with Gasteiger partial charge in [0.05, 0.1) is 5.69 Å². The molecule has 0 saturated heterocycles. The molecule has 0 amide bonds. The maximum Gasteiger partial charge on any atom is 0.219 e. The fraction of sp³-hybridized carbons (Fsp3) is 0.400. The van der Waals surface area contributed by atoms with Crippen LogP contribution in [-0.2, 0) is 0 Å². The first-order valence-corrected chi connectivity index (χ1v) is 7.35. The van der Waals surface area contributed by atoms with Gasteiger partial charge < -0.3 is 9.73 Å². The van der Waals surface area contributed by atoms with Crippen molar-refractivity contribution >= 4 is 17.0 Å². The quantitative estimate of drug-likeness (QED) is 0.793. The van der Waals surface area contributed by atoms with Gasteiger partial charge in [-0.3, -0.25) is 0 Å². The van der Waals surface area contributed by atoms with Crippen molar-refractivity contribution in [2.45, 2.75) is 38.6 Å². The lowest BCUT2D eigenvalue weighted by atomic mass is 9.80. The highest BCUT2D eigenvalue weighted by molar-refractivity contribution is 5.71. The van der Waals surface area contributed by atoms with E-state index in [1.54, 1.807) is 6.20 Å². The Bertz CT molecular complexity index is 824. The number of hydrogen-bond acceptors (Lipinski definition) is 7. The van der Waals surface area contributed by atoms with Gasteiger partial charge in [0.25, 0.3) is 0 Å². The standard InChI is InChI=1S/C15H16N6O/c1-8-13(19-14-12(17-8)4-3-5-16-14)18-11-6-10(7-11)15-21-20-9(2)22-15/h3-5,10-11H,6-7H2,1-2H3,(H,16,18,19). The van der Waals surface area contributed by atoms with E-state index in [9.17, 15) is 0 Å². The Morgan fingerprint density at radius 1 is 1.18 bits per heavy atom. The fourth-order valence-electron chi connectivity index (χ4n) is 2.73. The lowest BCUT2D eigenvalue weighted by molar-refractivity contribution is 0.303. The van der Waals surface area contributed by atoms with Crippen LogP contribution in [0.15, 0.2) is 22.7 Å². The predicted octanol–water partition coefficient (Wildman–Crippen LogP) is 2.38. The molecule has 112 valence electrons. The van der Waals surface area contributed by atoms with Crippen molar-refractivity contribution in [1.29, 1.82) is 0 Å². The molecule has 7 heteroatoms. The molecule has 0 unspecified atom stereocenters. The van der Waals surface area contributed by atoms with E-state index in [1.807, 2.05) is 26.0 Å². The van der Waals surface area contributed by atoms with E-state index in [0.717, 1.165) is 35.8 Å². The molecule has 0 radical (unpaired) electrons. The van der Waals surface area contributed by atoms with Crippen molar-refractivity contribution in [3.8, 4) is 0 Å². The summed E-state index contributed by atoms with van der Waals surface area (Å²) in [5, 5.41) is 11.4. The van der Waals surface area contributed by atoms with Crippen LogP contribution in [0.2, 0.25) is 0 Å². The average Bonchev–Trinajstić information content (AvgIpc) is 2.88. The van der Waals surface area contributed by atoms with E-state index >= 15 is 0 Å². The predicted molar refractivity (Wildman–Crippen MR) is 80.5 cm³/mol. The van der Waals surface area contributed by atoms with Gasteiger partial charge in [-0.05, 0) is 31.9 Å². The molecule has 1 aliphatic rings. The zero-order valence-corrected chi connectivity index (χ0v) is 12.4. The van der Waals surface area contributed by atoms with Crippen molar-refractivity contribution < 1.29 is 4.42 Å². The molecule has 1 aliphatic carbocycles. The Morgan fingerprint density at radius 2 is 2.05 bits per heavy atom. The number of aromatic nitrogens is 5. The van der Waals surface area contributed by atoms with Crippen molar-refractivity contribution in [2.24, 2.45) is 0 Å². The first-order valence-electron chi connectivity index (χ1n) is 7.35. The number of hydrogen-bond donors (Lipinski definition) is 1. The van der Waals surface area contributed by atoms with Crippen LogP contribution in [0.4, 0.5) is 5.82 Å². The Morgan fingerprint density at radius 3 is 2.82 bits per heavy atom. The summed E-state index contributed by atoms with van der Waals surface area (Å²) in [5.74, 6) is 2.49. The third-order valence-corrected chi connectivity index (χ3v) is 3.98. The second kappa shape index (κ2) is 5.01. The first kappa shape index (κ1) is 13.1. The Balaban J connectivity index is 1.47. The van der Waals surface area contributed by atoms with Gasteiger partial charge in [0, 0.05) is 25.1 Å². The Hall–Kier alpha value is -2.57. The highest BCUT2D eigenvalue weighted by Crippen LogP contribution is 2.37. The number of pyridine rings is 1. The molecule has 7 nitrogen and oxygen atoms in total. The molecule has 3 heterocycles. The van der Waals surface area contributed by atoms with Gasteiger partial charge in [0.15, 0.2) is 5.65 Å². The molecule has 0 bridgehead atoms. The summed E-state index contributed by atoms with van der Waals surface area (Å²) in [6, 6.07) is 4.14. The van der Waals surface area contributed by atoms with Crippen LogP contribution in [0.1, 0.15) is 36.2 Å². The summed E-state index contributed by atoms with van der Waals surface area (Å²) in [7, 11) is 0. The Labute approximate surface area is 127 Å². The van der Waals surface area contributed by atoms with E-state index < -0.39 is 0 Å². The summed E-state index contributed by atoms with van der Waals surface area (Å²) in [6.45, 7) is 3.77. The van der Waals surface area contributed by atoms with Crippen molar-refractivity contribution in [3.05, 3.63) is 35.8 Å². The van der Waals surface area contributed by atoms with E-state index in [1.165, 1.54) is 0 Å². The maximum absolute atomic E-state index is 5.48. The fourth-order valence-corrected chi connectivity index (χ4v) is 2.73. The van der Waals surface area contributed by atoms with Gasteiger partial charge in [0.2, 0.25) is 11.8 Å². The van der Waals surface area contributed by atoms with E-state index in [-0.39, 0.29) is 0 Å². The first-order chi connectivity index (χ1) is 10.7. The molecule has 4 rings (SSSR count). The molecule has 1 saturated carbocycles. The van der Waals surface area contributed by atoms with Crippen LogP contribution in [0.5, 0.6) is 0 Å². The number of nitrogens with zero attached hydrogens (tertiary/aromatic N) is 5. The van der Waals surface area contributed by atoms with Gasteiger partial charge in [-0.15, -0.1) is 10.2 Å². The molecule has 22 heavy (non-hydrogen) atoms. The normalized spacial score (nSPS) is 20.8. The highest BCUT2D eigenvalue weighted by Gasteiger charge is 2.34. The number of anilines is 1. The molecule has 3 aromatic rings. The second-order valence-corrected chi connectivity index (χ2v) is 5.67. The zero-order chi connectivity index (χ0) is 15.1. The van der Waals surface area contributed by atoms with E-state index in [4.69, 9.17) is 4.42 Å². The van der Waals surface area contributed by atoms with Crippen LogP contribution in [0.25, 0.3) is 11.2 Å². The average molecular weight is 296 g/mol. The number of fused-ring (bicyclic) bond motifs is 1. The van der Waals surface area contributed by atoms with E-state index in [2.05, 4.69) is 30.5 Å². The largest absolute Gasteiger partial charge is 0.425 e. The molecule has 3 aromatic heterocycles. The van der Waals surface area contributed by atoms with Crippen molar-refractivity contribution in [3.63, 3.8) is 0 Å². The van der Waals surface area contributed by atoms with Gasteiger partial charge in [0.1, 0.15) is 11.3 Å². The van der Waals surface area contributed by atoms with Crippen LogP contribution in [0.3, 0.4) is 0 Å². The molecular weight excluding hydrogens is 280 g/mol. The SMILES string of the molecule is Cc1nnc(C2CC(Nc3nc4ncccc4nc3C)C2)o1. The maximum atomic E-state index is 5.48. The smallest absolute Gasteiger partial charge is 0.219 e. The summed E-state index contributed by atoms with van der Waals surface area (Å²) >= 11 is 0. The summed E-state index contributed by atoms with van der Waals surface area (Å²) < 4.78 is 5.48. The molecule has 1 fully saturated rings. The van der Waals surface area contributed by atoms with Gasteiger partial charge in [-0.25, -0.2) is 15.0 Å². The highest BCUT2D eigenvalue weighted by atomic mass is 16.4. The van der Waals surface area contributed by atoms with Crippen molar-refractivity contribution in [1.82, 2.24) is 25.1 Å². The molecule has 0 aliphatic heterocycles. The lowest BCUT2D eigenvalue weighted by Gasteiger charge is -2.34. The monoisotopic (exact) mass is 296 g/mol. The minimum atomic E-state index is 0.338. The zero-order valence-electron chi connectivity index (χ0n) is 12.4. The third kappa shape index (κ3) is 2.28. The molecule has 1 N–H and O–H groups in total. The third-order valence-electron chi connectivity index (χ3n) is 3.98. The summed E-state index contributed by atoms with van der Waals surface area (Å²) in [5.41, 5.74) is 2.37. The number of nitrogens with one attached hydrogen (secondary N) is 1. The van der Waals surface area contributed by atoms with Gasteiger partial charge >= 0.3 is 0 Å².